The summed E-state index contributed by atoms with van der Waals surface area (Å²) in [6, 6.07) is 4.36. The zero-order valence-corrected chi connectivity index (χ0v) is 11.8. The molecule has 18 heavy (non-hydrogen) atoms. The summed E-state index contributed by atoms with van der Waals surface area (Å²) in [6.45, 7) is 7.15. The molecule has 1 aromatic carbocycles. The normalized spacial score (nSPS) is 18.0. The summed E-state index contributed by atoms with van der Waals surface area (Å²) in [6.07, 6.45) is 5.41. The van der Waals surface area contributed by atoms with Gasteiger partial charge in [0, 0.05) is 0 Å². The monoisotopic (exact) mass is 247 g/mol. The number of hydrogen-bond acceptors (Lipinski definition) is 2. The summed E-state index contributed by atoms with van der Waals surface area (Å²) < 4.78 is 6.29. The number of hydrogen-bond donors (Lipinski definition) is 1. The van der Waals surface area contributed by atoms with Crippen LogP contribution in [0.3, 0.4) is 0 Å². The lowest BCUT2D eigenvalue weighted by Crippen LogP contribution is -2.16. The second-order valence-electron chi connectivity index (χ2n) is 5.59. The van der Waals surface area contributed by atoms with Crippen LogP contribution in [0.2, 0.25) is 0 Å². The number of rotatable bonds is 4. The average Bonchev–Trinajstić information content (AvgIpc) is 2.87. The van der Waals surface area contributed by atoms with E-state index in [-0.39, 0.29) is 0 Å². The molecule has 0 radical (unpaired) electrons. The molecule has 0 saturated heterocycles. The van der Waals surface area contributed by atoms with E-state index in [2.05, 4.69) is 32.9 Å². The van der Waals surface area contributed by atoms with Crippen molar-refractivity contribution in [2.45, 2.75) is 58.5 Å². The maximum absolute atomic E-state index is 6.29. The van der Waals surface area contributed by atoms with Gasteiger partial charge in [0.15, 0.2) is 0 Å². The van der Waals surface area contributed by atoms with Crippen LogP contribution in [-0.2, 0) is 0 Å². The first-order valence-corrected chi connectivity index (χ1v) is 7.10. The lowest BCUT2D eigenvalue weighted by Gasteiger charge is -2.22. The van der Waals surface area contributed by atoms with Crippen molar-refractivity contribution in [3.05, 3.63) is 28.8 Å². The second-order valence-corrected chi connectivity index (χ2v) is 5.59. The van der Waals surface area contributed by atoms with Gasteiger partial charge in [-0.25, -0.2) is 0 Å². The molecule has 2 nitrogen and oxygen atoms in total. The van der Waals surface area contributed by atoms with Gasteiger partial charge < -0.3 is 10.5 Å². The van der Waals surface area contributed by atoms with E-state index in [1.807, 2.05) is 0 Å². The van der Waals surface area contributed by atoms with E-state index < -0.39 is 0 Å². The molecule has 2 rings (SSSR count). The molecule has 2 heteroatoms. The van der Waals surface area contributed by atoms with Crippen LogP contribution < -0.4 is 10.5 Å². The highest BCUT2D eigenvalue weighted by Crippen LogP contribution is 2.34. The average molecular weight is 247 g/mol. The van der Waals surface area contributed by atoms with Crippen LogP contribution in [0.5, 0.6) is 5.75 Å². The van der Waals surface area contributed by atoms with Gasteiger partial charge in [-0.1, -0.05) is 19.1 Å². The Hall–Kier alpha value is -1.02. The van der Waals surface area contributed by atoms with Crippen LogP contribution >= 0.6 is 0 Å². The Kier molecular flexibility index (Phi) is 4.28. The molecule has 0 bridgehead atoms. The molecule has 0 aromatic heterocycles. The Morgan fingerprint density at radius 2 is 1.94 bits per heavy atom. The zero-order valence-electron chi connectivity index (χ0n) is 11.8. The highest BCUT2D eigenvalue weighted by molar-refractivity contribution is 5.47. The maximum atomic E-state index is 6.29. The van der Waals surface area contributed by atoms with Gasteiger partial charge in [0.05, 0.1) is 6.10 Å². The number of benzene rings is 1. The first-order chi connectivity index (χ1) is 8.63. The van der Waals surface area contributed by atoms with Gasteiger partial charge in [-0.3, -0.25) is 0 Å². The molecule has 100 valence electrons. The minimum atomic E-state index is 0.362. The first-order valence-electron chi connectivity index (χ1n) is 7.10. The van der Waals surface area contributed by atoms with E-state index in [4.69, 9.17) is 10.5 Å². The number of ether oxygens (including phenoxy) is 1. The topological polar surface area (TPSA) is 35.2 Å². The molecule has 1 fully saturated rings. The third-order valence-electron chi connectivity index (χ3n) is 4.18. The van der Waals surface area contributed by atoms with Crippen molar-refractivity contribution in [1.82, 2.24) is 0 Å². The van der Waals surface area contributed by atoms with Crippen molar-refractivity contribution in [3.63, 3.8) is 0 Å². The molecule has 1 saturated carbocycles. The van der Waals surface area contributed by atoms with E-state index in [0.29, 0.717) is 18.6 Å². The molecule has 1 unspecified atom stereocenters. The first kappa shape index (κ1) is 13.4. The van der Waals surface area contributed by atoms with Crippen molar-refractivity contribution in [2.75, 3.05) is 6.54 Å². The lowest BCUT2D eigenvalue weighted by atomic mass is 9.95. The fourth-order valence-electron chi connectivity index (χ4n) is 2.66. The molecule has 1 aromatic rings. The van der Waals surface area contributed by atoms with E-state index in [1.54, 1.807) is 0 Å². The fraction of sp³-hybridized carbons (Fsp3) is 0.625. The van der Waals surface area contributed by atoms with E-state index in [9.17, 15) is 0 Å². The fourth-order valence-corrected chi connectivity index (χ4v) is 2.66. The van der Waals surface area contributed by atoms with Crippen LogP contribution in [0.15, 0.2) is 12.1 Å². The van der Waals surface area contributed by atoms with Crippen molar-refractivity contribution >= 4 is 0 Å². The van der Waals surface area contributed by atoms with Gasteiger partial charge in [-0.15, -0.1) is 0 Å². The molecular weight excluding hydrogens is 222 g/mol. The van der Waals surface area contributed by atoms with Gasteiger partial charge in [-0.2, -0.15) is 0 Å². The summed E-state index contributed by atoms with van der Waals surface area (Å²) in [4.78, 5) is 0. The Morgan fingerprint density at radius 1 is 1.28 bits per heavy atom. The smallest absolute Gasteiger partial charge is 0.126 e. The molecule has 0 aliphatic heterocycles. The second kappa shape index (κ2) is 5.75. The Labute approximate surface area is 111 Å². The Bertz CT molecular complexity index is 408. The van der Waals surface area contributed by atoms with E-state index in [0.717, 1.165) is 5.75 Å². The van der Waals surface area contributed by atoms with Gasteiger partial charge in [-0.05, 0) is 68.7 Å². The molecule has 2 N–H and O–H groups in total. The third kappa shape index (κ3) is 2.69. The van der Waals surface area contributed by atoms with Crippen LogP contribution in [0.1, 0.15) is 55.2 Å². The Balaban J connectivity index is 2.31. The predicted molar refractivity (Wildman–Crippen MR) is 76.3 cm³/mol. The molecule has 0 spiro atoms. The predicted octanol–water partition coefficient (Wildman–Crippen LogP) is 3.69. The third-order valence-corrected chi connectivity index (χ3v) is 4.18. The van der Waals surface area contributed by atoms with Gasteiger partial charge in [0.25, 0.3) is 0 Å². The minimum absolute atomic E-state index is 0.362. The molecule has 0 heterocycles. The van der Waals surface area contributed by atoms with Crippen LogP contribution in [-0.4, -0.2) is 12.6 Å². The minimum Gasteiger partial charge on any atom is -0.490 e. The summed E-state index contributed by atoms with van der Waals surface area (Å²) in [5.41, 5.74) is 9.66. The standard InChI is InChI=1S/C16H25NO/c1-11-8-9-15(12(2)10-17)16(13(11)3)18-14-6-4-5-7-14/h8-9,12,14H,4-7,10,17H2,1-3H3. The highest BCUT2D eigenvalue weighted by Gasteiger charge is 2.21. The number of nitrogens with two attached hydrogens (primary N) is 1. The summed E-state index contributed by atoms with van der Waals surface area (Å²) in [5, 5.41) is 0. The number of aryl methyl sites for hydroxylation is 1. The van der Waals surface area contributed by atoms with Gasteiger partial charge >= 0.3 is 0 Å². The summed E-state index contributed by atoms with van der Waals surface area (Å²) >= 11 is 0. The molecule has 0 amide bonds. The SMILES string of the molecule is Cc1ccc(C(C)CN)c(OC2CCCC2)c1C. The molecule has 1 aliphatic carbocycles. The highest BCUT2D eigenvalue weighted by atomic mass is 16.5. The van der Waals surface area contributed by atoms with Gasteiger partial charge in [0.2, 0.25) is 0 Å². The van der Waals surface area contributed by atoms with E-state index >= 15 is 0 Å². The van der Waals surface area contributed by atoms with Crippen molar-refractivity contribution in [2.24, 2.45) is 5.73 Å². The van der Waals surface area contributed by atoms with Crippen molar-refractivity contribution < 1.29 is 4.74 Å². The van der Waals surface area contributed by atoms with Crippen LogP contribution in [0, 0.1) is 13.8 Å². The summed E-state index contributed by atoms with van der Waals surface area (Å²) in [7, 11) is 0. The molecule has 1 aliphatic rings. The van der Waals surface area contributed by atoms with Crippen molar-refractivity contribution in [3.8, 4) is 5.75 Å². The quantitative estimate of drug-likeness (QED) is 0.880. The lowest BCUT2D eigenvalue weighted by molar-refractivity contribution is 0.205. The van der Waals surface area contributed by atoms with Gasteiger partial charge in [0.1, 0.15) is 5.75 Å². The van der Waals surface area contributed by atoms with Crippen molar-refractivity contribution in [1.29, 1.82) is 0 Å². The van der Waals surface area contributed by atoms with Crippen LogP contribution in [0.25, 0.3) is 0 Å². The largest absolute Gasteiger partial charge is 0.490 e. The Morgan fingerprint density at radius 3 is 2.56 bits per heavy atom. The zero-order chi connectivity index (χ0) is 13.1. The summed E-state index contributed by atoms with van der Waals surface area (Å²) in [5.74, 6) is 1.46. The van der Waals surface area contributed by atoms with Crippen LogP contribution in [0.4, 0.5) is 0 Å². The molecular formula is C16H25NO. The van der Waals surface area contributed by atoms with E-state index in [1.165, 1.54) is 42.4 Å². The maximum Gasteiger partial charge on any atom is 0.126 e. The molecule has 1 atom stereocenters.